The number of hydrogen-bond acceptors (Lipinski definition) is 4. The Hall–Kier alpha value is -3.67. The number of carbonyl (C=O) groups excluding carboxylic acids is 1. The number of ether oxygens (including phenoxy) is 1. The van der Waals surface area contributed by atoms with Gasteiger partial charge in [0.1, 0.15) is 12.4 Å². The zero-order valence-corrected chi connectivity index (χ0v) is 15.4. The molecule has 0 heterocycles. The first-order chi connectivity index (χ1) is 13.5. The normalized spacial score (nSPS) is 10.3. The van der Waals surface area contributed by atoms with Crippen LogP contribution in [-0.4, -0.2) is 10.8 Å². The van der Waals surface area contributed by atoms with Crippen LogP contribution in [0, 0.1) is 17.0 Å². The first-order valence-electron chi connectivity index (χ1n) is 8.82. The van der Waals surface area contributed by atoms with Crippen molar-refractivity contribution < 1.29 is 14.5 Å². The maximum Gasteiger partial charge on any atom is 0.273 e. The van der Waals surface area contributed by atoms with Crippen molar-refractivity contribution in [3.8, 4) is 5.75 Å². The van der Waals surface area contributed by atoms with Gasteiger partial charge >= 0.3 is 0 Å². The van der Waals surface area contributed by atoms with Gasteiger partial charge in [-0.1, -0.05) is 48.5 Å². The second-order valence-corrected chi connectivity index (χ2v) is 6.31. The molecule has 0 atom stereocenters. The van der Waals surface area contributed by atoms with E-state index in [0.29, 0.717) is 24.3 Å². The Morgan fingerprint density at radius 2 is 1.71 bits per heavy atom. The summed E-state index contributed by atoms with van der Waals surface area (Å²) in [5, 5.41) is 13.9. The molecule has 142 valence electrons. The SMILES string of the molecule is Cc1c(C(=O)NCc2cccc(COc3ccccc3)c2)cccc1[N+](=O)[O-]. The van der Waals surface area contributed by atoms with Gasteiger partial charge in [0, 0.05) is 23.7 Å². The zero-order chi connectivity index (χ0) is 19.9. The van der Waals surface area contributed by atoms with Crippen LogP contribution in [0.2, 0.25) is 0 Å². The molecule has 0 bridgehead atoms. The molecule has 0 aliphatic heterocycles. The third-order valence-electron chi connectivity index (χ3n) is 4.34. The van der Waals surface area contributed by atoms with Crippen LogP contribution in [0.25, 0.3) is 0 Å². The van der Waals surface area contributed by atoms with E-state index >= 15 is 0 Å². The molecule has 0 radical (unpaired) electrons. The fourth-order valence-electron chi connectivity index (χ4n) is 2.86. The first kappa shape index (κ1) is 19.1. The van der Waals surface area contributed by atoms with Gasteiger partial charge < -0.3 is 10.1 Å². The number of amides is 1. The molecule has 1 amide bonds. The smallest absolute Gasteiger partial charge is 0.273 e. The Bertz CT molecular complexity index is 987. The Balaban J connectivity index is 1.62. The van der Waals surface area contributed by atoms with E-state index in [9.17, 15) is 14.9 Å². The molecule has 0 aromatic heterocycles. The molecule has 6 heteroatoms. The van der Waals surface area contributed by atoms with Crippen LogP contribution in [0.4, 0.5) is 5.69 Å². The molecular formula is C22H20N2O4. The topological polar surface area (TPSA) is 81.5 Å². The summed E-state index contributed by atoms with van der Waals surface area (Å²) < 4.78 is 5.74. The Kier molecular flexibility index (Phi) is 6.01. The summed E-state index contributed by atoms with van der Waals surface area (Å²) in [6.07, 6.45) is 0. The van der Waals surface area contributed by atoms with Gasteiger partial charge in [-0.25, -0.2) is 0 Å². The lowest BCUT2D eigenvalue weighted by molar-refractivity contribution is -0.385. The summed E-state index contributed by atoms with van der Waals surface area (Å²) in [5.74, 6) is 0.453. The minimum atomic E-state index is -0.484. The molecule has 0 saturated heterocycles. The average Bonchev–Trinajstić information content (AvgIpc) is 2.71. The van der Waals surface area contributed by atoms with E-state index in [2.05, 4.69) is 5.32 Å². The highest BCUT2D eigenvalue weighted by molar-refractivity contribution is 5.96. The number of para-hydroxylation sites is 1. The molecule has 3 rings (SSSR count). The number of carbonyl (C=O) groups is 1. The summed E-state index contributed by atoms with van der Waals surface area (Å²) in [7, 11) is 0. The molecule has 0 spiro atoms. The minimum Gasteiger partial charge on any atom is -0.489 e. The number of nitrogens with zero attached hydrogens (tertiary/aromatic N) is 1. The summed E-state index contributed by atoms with van der Waals surface area (Å²) in [6.45, 7) is 2.32. The van der Waals surface area contributed by atoms with Crippen LogP contribution in [0.3, 0.4) is 0 Å². The molecule has 0 fully saturated rings. The molecule has 0 saturated carbocycles. The number of rotatable bonds is 7. The maximum absolute atomic E-state index is 12.5. The van der Waals surface area contributed by atoms with E-state index in [-0.39, 0.29) is 11.6 Å². The van der Waals surface area contributed by atoms with Gasteiger partial charge in [0.25, 0.3) is 11.6 Å². The van der Waals surface area contributed by atoms with E-state index in [1.165, 1.54) is 12.1 Å². The fourth-order valence-corrected chi connectivity index (χ4v) is 2.86. The number of hydrogen-bond donors (Lipinski definition) is 1. The van der Waals surface area contributed by atoms with Gasteiger partial charge in [0.2, 0.25) is 0 Å². The van der Waals surface area contributed by atoms with Gasteiger partial charge in [-0.05, 0) is 36.2 Å². The van der Waals surface area contributed by atoms with Gasteiger partial charge in [0.05, 0.1) is 4.92 Å². The van der Waals surface area contributed by atoms with Crippen molar-refractivity contribution in [3.63, 3.8) is 0 Å². The second-order valence-electron chi connectivity index (χ2n) is 6.31. The highest BCUT2D eigenvalue weighted by Crippen LogP contribution is 2.21. The summed E-state index contributed by atoms with van der Waals surface area (Å²) in [4.78, 5) is 23.0. The van der Waals surface area contributed by atoms with E-state index in [4.69, 9.17) is 4.74 Å². The number of nitro groups is 1. The number of nitrogens with one attached hydrogen (secondary N) is 1. The Morgan fingerprint density at radius 1 is 1.00 bits per heavy atom. The van der Waals surface area contributed by atoms with Crippen LogP contribution >= 0.6 is 0 Å². The lowest BCUT2D eigenvalue weighted by Crippen LogP contribution is -2.24. The van der Waals surface area contributed by atoms with E-state index in [0.717, 1.165) is 16.9 Å². The molecule has 3 aromatic rings. The third kappa shape index (κ3) is 4.73. The van der Waals surface area contributed by atoms with Gasteiger partial charge in [-0.15, -0.1) is 0 Å². The molecule has 28 heavy (non-hydrogen) atoms. The van der Waals surface area contributed by atoms with E-state index in [1.807, 2.05) is 54.6 Å². The number of benzene rings is 3. The molecule has 0 aliphatic carbocycles. The van der Waals surface area contributed by atoms with Crippen LogP contribution in [0.5, 0.6) is 5.75 Å². The summed E-state index contributed by atoms with van der Waals surface area (Å²) in [5.41, 5.74) is 2.51. The van der Waals surface area contributed by atoms with E-state index < -0.39 is 4.92 Å². The molecule has 6 nitrogen and oxygen atoms in total. The van der Waals surface area contributed by atoms with Gasteiger partial charge in [-0.3, -0.25) is 14.9 Å². The molecule has 1 N–H and O–H groups in total. The van der Waals surface area contributed by atoms with Gasteiger partial charge in [0.15, 0.2) is 0 Å². The second kappa shape index (κ2) is 8.81. The van der Waals surface area contributed by atoms with Crippen molar-refractivity contribution in [3.05, 3.63) is 105 Å². The predicted octanol–water partition coefficient (Wildman–Crippen LogP) is 4.41. The minimum absolute atomic E-state index is 0.0623. The summed E-state index contributed by atoms with van der Waals surface area (Å²) >= 11 is 0. The van der Waals surface area contributed by atoms with Crippen molar-refractivity contribution in [2.75, 3.05) is 0 Å². The van der Waals surface area contributed by atoms with Crippen molar-refractivity contribution in [1.82, 2.24) is 5.32 Å². The van der Waals surface area contributed by atoms with Crippen molar-refractivity contribution in [2.24, 2.45) is 0 Å². The Morgan fingerprint density at radius 3 is 2.46 bits per heavy atom. The largest absolute Gasteiger partial charge is 0.489 e. The molecule has 3 aromatic carbocycles. The quantitative estimate of drug-likeness (QED) is 0.489. The van der Waals surface area contributed by atoms with Crippen LogP contribution < -0.4 is 10.1 Å². The average molecular weight is 376 g/mol. The predicted molar refractivity (Wildman–Crippen MR) is 106 cm³/mol. The van der Waals surface area contributed by atoms with Gasteiger partial charge in [-0.2, -0.15) is 0 Å². The lowest BCUT2D eigenvalue weighted by Gasteiger charge is -2.10. The molecular weight excluding hydrogens is 356 g/mol. The molecule has 0 aliphatic rings. The van der Waals surface area contributed by atoms with Crippen molar-refractivity contribution >= 4 is 11.6 Å². The highest BCUT2D eigenvalue weighted by Gasteiger charge is 2.17. The summed E-state index contributed by atoms with van der Waals surface area (Å²) in [6, 6.07) is 21.8. The first-order valence-corrected chi connectivity index (χ1v) is 8.82. The van der Waals surface area contributed by atoms with Crippen molar-refractivity contribution in [1.29, 1.82) is 0 Å². The number of nitro benzene ring substituents is 1. The monoisotopic (exact) mass is 376 g/mol. The Labute approximate surface area is 162 Å². The fraction of sp³-hybridized carbons (Fsp3) is 0.136. The van der Waals surface area contributed by atoms with E-state index in [1.54, 1.807) is 13.0 Å². The maximum atomic E-state index is 12.5. The lowest BCUT2D eigenvalue weighted by atomic mass is 10.1. The van der Waals surface area contributed by atoms with Crippen LogP contribution in [-0.2, 0) is 13.2 Å². The third-order valence-corrected chi connectivity index (χ3v) is 4.34. The van der Waals surface area contributed by atoms with Crippen LogP contribution in [0.1, 0.15) is 27.0 Å². The molecule has 0 unspecified atom stereocenters. The zero-order valence-electron chi connectivity index (χ0n) is 15.4. The highest BCUT2D eigenvalue weighted by atomic mass is 16.6. The standard InChI is InChI=1S/C22H20N2O4/c1-16-20(11-6-12-21(16)24(26)27)22(25)23-14-17-7-5-8-18(13-17)15-28-19-9-3-2-4-10-19/h2-13H,14-15H2,1H3,(H,23,25). The van der Waals surface area contributed by atoms with Crippen LogP contribution in [0.15, 0.2) is 72.8 Å². The van der Waals surface area contributed by atoms with Crippen molar-refractivity contribution in [2.45, 2.75) is 20.1 Å².